The average molecular weight is 329 g/mol. The molecule has 8 heteroatoms. The molecule has 0 radical (unpaired) electrons. The predicted molar refractivity (Wildman–Crippen MR) is 82.4 cm³/mol. The van der Waals surface area contributed by atoms with Gasteiger partial charge in [0.25, 0.3) is 0 Å². The van der Waals surface area contributed by atoms with E-state index in [1.54, 1.807) is 6.07 Å². The highest BCUT2D eigenvalue weighted by Crippen LogP contribution is 2.26. The lowest BCUT2D eigenvalue weighted by Gasteiger charge is -2.26. The number of fused-ring (bicyclic) bond motifs is 1. The summed E-state index contributed by atoms with van der Waals surface area (Å²) in [5.74, 6) is 0. The first-order valence-electron chi connectivity index (χ1n) is 6.68. The smallest absolute Gasteiger partial charge is 0.317 e. The van der Waals surface area contributed by atoms with E-state index in [0.717, 1.165) is 25.9 Å². The van der Waals surface area contributed by atoms with E-state index in [4.69, 9.17) is 23.2 Å². The topological polar surface area (TPSA) is 68.9 Å². The van der Waals surface area contributed by atoms with Crippen molar-refractivity contribution in [3.63, 3.8) is 0 Å². The van der Waals surface area contributed by atoms with Gasteiger partial charge in [-0.05, 0) is 32.0 Å². The van der Waals surface area contributed by atoms with Crippen LogP contribution in [0.1, 0.15) is 18.9 Å². The van der Waals surface area contributed by atoms with E-state index < -0.39 is 11.1 Å². The van der Waals surface area contributed by atoms with Crippen molar-refractivity contribution in [3.8, 4) is 0 Å². The molecule has 1 aliphatic heterocycles. The molecular formula is C13H14Cl2N4O2. The minimum atomic E-state index is -0.582. The van der Waals surface area contributed by atoms with Gasteiger partial charge >= 0.3 is 11.1 Å². The third kappa shape index (κ3) is 2.37. The summed E-state index contributed by atoms with van der Waals surface area (Å²) in [6, 6.07) is 1.52. The third-order valence-electron chi connectivity index (χ3n) is 3.86. The van der Waals surface area contributed by atoms with Gasteiger partial charge in [0.2, 0.25) is 0 Å². The van der Waals surface area contributed by atoms with Crippen LogP contribution in [0.25, 0.3) is 11.2 Å². The standard InChI is InChI=1S/C13H14Cl2N4O2/c1-18-9-6-8(14)10(15)17-11(9)19(13(21)12(18)20)7-2-4-16-5-3-7/h6-7,16H,2-5H2,1H3. The molecule has 0 bridgehead atoms. The second kappa shape index (κ2) is 5.44. The Kier molecular flexibility index (Phi) is 3.77. The summed E-state index contributed by atoms with van der Waals surface area (Å²) in [6.45, 7) is 1.60. The summed E-state index contributed by atoms with van der Waals surface area (Å²) in [7, 11) is 1.53. The Morgan fingerprint density at radius 1 is 1.24 bits per heavy atom. The van der Waals surface area contributed by atoms with Gasteiger partial charge in [-0.1, -0.05) is 23.2 Å². The summed E-state index contributed by atoms with van der Waals surface area (Å²) in [4.78, 5) is 28.8. The normalized spacial score (nSPS) is 16.5. The van der Waals surface area contributed by atoms with Crippen molar-refractivity contribution in [2.24, 2.45) is 7.05 Å². The quantitative estimate of drug-likeness (QED) is 0.633. The van der Waals surface area contributed by atoms with Crippen molar-refractivity contribution in [1.82, 2.24) is 19.4 Å². The Morgan fingerprint density at radius 2 is 1.90 bits per heavy atom. The molecule has 1 fully saturated rings. The maximum Gasteiger partial charge on any atom is 0.318 e. The monoisotopic (exact) mass is 328 g/mol. The van der Waals surface area contributed by atoms with Gasteiger partial charge in [0.05, 0.1) is 10.5 Å². The van der Waals surface area contributed by atoms with Gasteiger partial charge in [-0.25, -0.2) is 4.98 Å². The van der Waals surface area contributed by atoms with E-state index in [1.807, 2.05) is 0 Å². The molecule has 0 amide bonds. The summed E-state index contributed by atoms with van der Waals surface area (Å²) in [6.07, 6.45) is 1.54. The molecule has 6 nitrogen and oxygen atoms in total. The highest BCUT2D eigenvalue weighted by atomic mass is 35.5. The fourth-order valence-electron chi connectivity index (χ4n) is 2.73. The van der Waals surface area contributed by atoms with Crippen LogP contribution in [0.3, 0.4) is 0 Å². The lowest BCUT2D eigenvalue weighted by molar-refractivity contribution is 0.365. The lowest BCUT2D eigenvalue weighted by Crippen LogP contribution is -2.44. The van der Waals surface area contributed by atoms with Gasteiger partial charge in [0.1, 0.15) is 5.15 Å². The van der Waals surface area contributed by atoms with Gasteiger partial charge in [0.15, 0.2) is 5.65 Å². The Bertz CT molecular complexity index is 822. The largest absolute Gasteiger partial charge is 0.318 e. The molecule has 3 heterocycles. The zero-order valence-corrected chi connectivity index (χ0v) is 12.9. The van der Waals surface area contributed by atoms with E-state index in [-0.39, 0.29) is 16.2 Å². The molecule has 2 aromatic rings. The molecule has 21 heavy (non-hydrogen) atoms. The number of nitrogens with one attached hydrogen (secondary N) is 1. The summed E-state index contributed by atoms with van der Waals surface area (Å²) in [5.41, 5.74) is -0.236. The minimum Gasteiger partial charge on any atom is -0.317 e. The number of pyridine rings is 1. The number of hydrogen-bond donors (Lipinski definition) is 1. The maximum atomic E-state index is 12.4. The fraction of sp³-hybridized carbons (Fsp3) is 0.462. The van der Waals surface area contributed by atoms with Crippen LogP contribution in [0.4, 0.5) is 0 Å². The van der Waals surface area contributed by atoms with E-state index in [0.29, 0.717) is 11.2 Å². The Balaban J connectivity index is 2.39. The third-order valence-corrected chi connectivity index (χ3v) is 4.54. The first-order valence-corrected chi connectivity index (χ1v) is 7.44. The van der Waals surface area contributed by atoms with Crippen LogP contribution in [-0.4, -0.2) is 27.2 Å². The highest BCUT2D eigenvalue weighted by Gasteiger charge is 2.22. The fourth-order valence-corrected chi connectivity index (χ4v) is 3.01. The molecule has 0 saturated carbocycles. The molecule has 0 atom stereocenters. The molecule has 112 valence electrons. The van der Waals surface area contributed by atoms with Crippen molar-refractivity contribution >= 4 is 34.4 Å². The summed E-state index contributed by atoms with van der Waals surface area (Å²) >= 11 is 12.0. The van der Waals surface area contributed by atoms with Gasteiger partial charge in [-0.15, -0.1) is 0 Å². The van der Waals surface area contributed by atoms with Crippen LogP contribution < -0.4 is 16.4 Å². The van der Waals surface area contributed by atoms with Crippen molar-refractivity contribution in [2.75, 3.05) is 13.1 Å². The molecular weight excluding hydrogens is 315 g/mol. The Labute approximate surface area is 130 Å². The molecule has 0 unspecified atom stereocenters. The molecule has 2 aromatic heterocycles. The van der Waals surface area contributed by atoms with E-state index >= 15 is 0 Å². The lowest BCUT2D eigenvalue weighted by atomic mass is 10.1. The molecule has 0 aliphatic carbocycles. The van der Waals surface area contributed by atoms with Gasteiger partial charge in [-0.2, -0.15) is 0 Å². The SMILES string of the molecule is Cn1c(=O)c(=O)n(C2CCNCC2)c2nc(Cl)c(Cl)cc21. The van der Waals surface area contributed by atoms with Crippen molar-refractivity contribution in [2.45, 2.75) is 18.9 Å². The van der Waals surface area contributed by atoms with Gasteiger partial charge in [0, 0.05) is 13.1 Å². The van der Waals surface area contributed by atoms with Crippen molar-refractivity contribution < 1.29 is 0 Å². The number of rotatable bonds is 1. The second-order valence-corrected chi connectivity index (χ2v) is 5.89. The van der Waals surface area contributed by atoms with Gasteiger partial charge < -0.3 is 9.88 Å². The Morgan fingerprint density at radius 3 is 2.57 bits per heavy atom. The second-order valence-electron chi connectivity index (χ2n) is 5.12. The van der Waals surface area contributed by atoms with Crippen molar-refractivity contribution in [1.29, 1.82) is 0 Å². The molecule has 0 aromatic carbocycles. The summed E-state index contributed by atoms with van der Waals surface area (Å²) in [5, 5.41) is 3.62. The van der Waals surface area contributed by atoms with Crippen LogP contribution in [0.15, 0.2) is 15.7 Å². The first-order chi connectivity index (χ1) is 10.0. The Hall–Kier alpha value is -1.37. The van der Waals surface area contributed by atoms with E-state index in [1.165, 1.54) is 16.2 Å². The van der Waals surface area contributed by atoms with E-state index in [2.05, 4.69) is 10.3 Å². The van der Waals surface area contributed by atoms with Crippen LogP contribution in [0, 0.1) is 0 Å². The average Bonchev–Trinajstić information content (AvgIpc) is 2.49. The number of piperidine rings is 1. The van der Waals surface area contributed by atoms with Crippen LogP contribution in [-0.2, 0) is 7.05 Å². The van der Waals surface area contributed by atoms with Crippen LogP contribution in [0.5, 0.6) is 0 Å². The zero-order valence-electron chi connectivity index (χ0n) is 11.4. The van der Waals surface area contributed by atoms with E-state index in [9.17, 15) is 9.59 Å². The molecule has 3 rings (SSSR count). The minimum absolute atomic E-state index is 0.0557. The molecule has 0 spiro atoms. The van der Waals surface area contributed by atoms with Crippen LogP contribution in [0.2, 0.25) is 10.2 Å². The number of aryl methyl sites for hydroxylation is 1. The van der Waals surface area contributed by atoms with Crippen LogP contribution >= 0.6 is 23.2 Å². The number of nitrogens with zero attached hydrogens (tertiary/aromatic N) is 3. The predicted octanol–water partition coefficient (Wildman–Crippen LogP) is 1.33. The van der Waals surface area contributed by atoms with Gasteiger partial charge in [-0.3, -0.25) is 14.2 Å². The maximum absolute atomic E-state index is 12.4. The molecule has 1 saturated heterocycles. The number of halogens is 2. The molecule has 1 N–H and O–H groups in total. The number of hydrogen-bond acceptors (Lipinski definition) is 4. The first kappa shape index (κ1) is 14.6. The molecule has 1 aliphatic rings. The van der Waals surface area contributed by atoms with Crippen molar-refractivity contribution in [3.05, 3.63) is 36.9 Å². The zero-order chi connectivity index (χ0) is 15.1. The number of aromatic nitrogens is 3. The highest BCUT2D eigenvalue weighted by molar-refractivity contribution is 6.41. The summed E-state index contributed by atoms with van der Waals surface area (Å²) < 4.78 is 2.74.